The first-order valence-corrected chi connectivity index (χ1v) is 14.7. The van der Waals surface area contributed by atoms with Crippen LogP contribution in [0.15, 0.2) is 35.3 Å². The highest BCUT2D eigenvalue weighted by atomic mass is 16.6. The maximum atomic E-state index is 13.3. The summed E-state index contributed by atoms with van der Waals surface area (Å²) in [6.45, 7) is 13.5. The molecule has 42 heavy (non-hydrogen) atoms. The third-order valence-corrected chi connectivity index (χ3v) is 7.90. The summed E-state index contributed by atoms with van der Waals surface area (Å²) in [7, 11) is 0. The van der Waals surface area contributed by atoms with Crippen molar-refractivity contribution in [1.29, 1.82) is 0 Å². The number of aromatic amines is 1. The van der Waals surface area contributed by atoms with Gasteiger partial charge >= 0.3 is 5.97 Å². The molecule has 0 spiro atoms. The van der Waals surface area contributed by atoms with Crippen molar-refractivity contribution < 1.29 is 23.8 Å². The quantitative estimate of drug-likeness (QED) is 0.400. The van der Waals surface area contributed by atoms with Gasteiger partial charge in [-0.1, -0.05) is 13.8 Å². The van der Waals surface area contributed by atoms with Crippen LogP contribution in [0.5, 0.6) is 0 Å². The predicted molar refractivity (Wildman–Crippen MR) is 159 cm³/mol. The third kappa shape index (κ3) is 6.07. The van der Waals surface area contributed by atoms with Gasteiger partial charge in [-0.25, -0.2) is 4.79 Å². The normalized spacial score (nSPS) is 24.6. The van der Waals surface area contributed by atoms with E-state index in [4.69, 9.17) is 19.3 Å². The van der Waals surface area contributed by atoms with Gasteiger partial charge in [0, 0.05) is 30.5 Å². The Morgan fingerprint density at radius 2 is 1.95 bits per heavy atom. The van der Waals surface area contributed by atoms with Crippen molar-refractivity contribution in [1.82, 2.24) is 19.7 Å². The molecular weight excluding hydrogens is 538 g/mol. The Morgan fingerprint density at radius 3 is 2.60 bits per heavy atom. The predicted octanol–water partition coefficient (Wildman–Crippen LogP) is 4.12. The fourth-order valence-electron chi connectivity index (χ4n) is 5.78. The van der Waals surface area contributed by atoms with E-state index in [9.17, 15) is 14.4 Å². The van der Waals surface area contributed by atoms with Crippen LogP contribution in [0, 0.1) is 12.8 Å². The summed E-state index contributed by atoms with van der Waals surface area (Å²) in [6.07, 6.45) is 2.06. The van der Waals surface area contributed by atoms with Crippen LogP contribution in [0.25, 0.3) is 10.9 Å². The number of rotatable bonds is 7. The number of pyridine rings is 1. The molecule has 226 valence electrons. The van der Waals surface area contributed by atoms with Gasteiger partial charge in [-0.2, -0.15) is 5.10 Å². The molecule has 2 saturated heterocycles. The SMILES string of the molecule is Cc1cc(Nc2nn(C3(C)CCC(C(=O)OCC(C)C)OC3)c3cc[nH]c(=O)c23)ccc1C(=O)N1CC(C)OC(C)C1. The van der Waals surface area contributed by atoms with Crippen molar-refractivity contribution >= 4 is 34.3 Å². The number of nitrogens with one attached hydrogen (secondary N) is 2. The molecule has 0 saturated carbocycles. The third-order valence-electron chi connectivity index (χ3n) is 7.90. The van der Waals surface area contributed by atoms with Gasteiger partial charge in [0.2, 0.25) is 0 Å². The minimum atomic E-state index is -0.618. The second kappa shape index (κ2) is 11.9. The molecule has 3 aromatic rings. The first kappa shape index (κ1) is 29.8. The Kier molecular flexibility index (Phi) is 8.43. The second-order valence-electron chi connectivity index (χ2n) is 12.3. The summed E-state index contributed by atoms with van der Waals surface area (Å²) >= 11 is 0. The standard InChI is InChI=1S/C31H41N5O6/c1-18(2)16-40-30(39)25-9-11-31(6,17-41-25)36-24-10-12-32-28(37)26(24)27(34-36)33-22-7-8-23(19(3)13-22)29(38)35-14-20(4)42-21(5)15-35/h7-8,10,12-13,18,20-21,25H,9,11,14-17H2,1-6H3,(H,32,37)(H,33,34). The maximum Gasteiger partial charge on any atom is 0.335 e. The summed E-state index contributed by atoms with van der Waals surface area (Å²) in [6, 6.07) is 7.35. The lowest BCUT2D eigenvalue weighted by atomic mass is 9.92. The largest absolute Gasteiger partial charge is 0.463 e. The molecule has 1 amide bonds. The number of fused-ring (bicyclic) bond motifs is 1. The Labute approximate surface area is 245 Å². The van der Waals surface area contributed by atoms with Crippen molar-refractivity contribution in [2.45, 2.75) is 78.2 Å². The minimum Gasteiger partial charge on any atom is -0.463 e. The highest BCUT2D eigenvalue weighted by Gasteiger charge is 2.39. The Morgan fingerprint density at radius 1 is 1.21 bits per heavy atom. The van der Waals surface area contributed by atoms with Crippen LogP contribution in [0.4, 0.5) is 11.5 Å². The molecule has 11 nitrogen and oxygen atoms in total. The van der Waals surface area contributed by atoms with E-state index in [0.717, 1.165) is 5.56 Å². The summed E-state index contributed by atoms with van der Waals surface area (Å²) in [5.41, 5.74) is 1.96. The van der Waals surface area contributed by atoms with Crippen molar-refractivity contribution in [2.24, 2.45) is 5.92 Å². The molecule has 4 atom stereocenters. The lowest BCUT2D eigenvalue weighted by Gasteiger charge is -2.37. The molecule has 2 aromatic heterocycles. The average molecular weight is 580 g/mol. The highest BCUT2D eigenvalue weighted by molar-refractivity contribution is 5.97. The van der Waals surface area contributed by atoms with Crippen LogP contribution in [-0.2, 0) is 24.5 Å². The molecular formula is C31H41N5O6. The number of hydrogen-bond acceptors (Lipinski definition) is 8. The number of anilines is 2. The number of aromatic nitrogens is 3. The van der Waals surface area contributed by atoms with Gasteiger partial charge in [-0.15, -0.1) is 0 Å². The molecule has 0 aliphatic carbocycles. The molecule has 2 aliphatic rings. The number of amides is 1. The van der Waals surface area contributed by atoms with Crippen LogP contribution >= 0.6 is 0 Å². The molecule has 0 radical (unpaired) electrons. The lowest BCUT2D eigenvalue weighted by molar-refractivity contribution is -0.165. The van der Waals surface area contributed by atoms with Crippen molar-refractivity contribution in [3.05, 3.63) is 51.9 Å². The van der Waals surface area contributed by atoms with Gasteiger partial charge < -0.3 is 29.4 Å². The molecule has 4 unspecified atom stereocenters. The molecule has 4 heterocycles. The van der Waals surface area contributed by atoms with Crippen LogP contribution in [0.2, 0.25) is 0 Å². The first-order chi connectivity index (χ1) is 19.9. The van der Waals surface area contributed by atoms with E-state index in [1.165, 1.54) is 0 Å². The van der Waals surface area contributed by atoms with E-state index < -0.39 is 11.6 Å². The number of morpholine rings is 1. The van der Waals surface area contributed by atoms with Gasteiger partial charge in [0.1, 0.15) is 5.39 Å². The lowest BCUT2D eigenvalue weighted by Crippen LogP contribution is -2.48. The van der Waals surface area contributed by atoms with Gasteiger partial charge in [0.05, 0.1) is 36.5 Å². The first-order valence-electron chi connectivity index (χ1n) is 14.7. The number of carbonyl (C=O) groups is 2. The van der Waals surface area contributed by atoms with E-state index in [2.05, 4.69) is 10.3 Å². The number of ether oxygens (including phenoxy) is 3. The summed E-state index contributed by atoms with van der Waals surface area (Å²) in [5.74, 6) is 0.287. The topological polar surface area (TPSA) is 128 Å². The highest BCUT2D eigenvalue weighted by Crippen LogP contribution is 2.35. The zero-order valence-electron chi connectivity index (χ0n) is 25.2. The molecule has 11 heteroatoms. The van der Waals surface area contributed by atoms with E-state index in [1.54, 1.807) is 6.20 Å². The fourth-order valence-corrected chi connectivity index (χ4v) is 5.78. The number of hydrogen-bond donors (Lipinski definition) is 2. The van der Waals surface area contributed by atoms with Crippen molar-refractivity contribution in [2.75, 3.05) is 31.6 Å². The monoisotopic (exact) mass is 579 g/mol. The van der Waals surface area contributed by atoms with Gasteiger partial charge in [0.25, 0.3) is 11.5 Å². The molecule has 0 bridgehead atoms. The number of esters is 1. The number of aryl methyl sites for hydroxylation is 1. The summed E-state index contributed by atoms with van der Waals surface area (Å²) in [4.78, 5) is 43.4. The van der Waals surface area contributed by atoms with Gasteiger partial charge in [0.15, 0.2) is 11.9 Å². The van der Waals surface area contributed by atoms with E-state index in [-0.39, 0.29) is 42.2 Å². The maximum absolute atomic E-state index is 13.3. The zero-order chi connectivity index (χ0) is 30.2. The number of carbonyl (C=O) groups excluding carboxylic acids is 2. The molecule has 2 aliphatic heterocycles. The van der Waals surface area contributed by atoms with Gasteiger partial charge in [-0.3, -0.25) is 14.3 Å². The van der Waals surface area contributed by atoms with Crippen molar-refractivity contribution in [3.63, 3.8) is 0 Å². The Balaban J connectivity index is 1.37. The van der Waals surface area contributed by atoms with Crippen LogP contribution in [0.1, 0.15) is 63.4 Å². The molecule has 5 rings (SSSR count). The molecule has 2 fully saturated rings. The molecule has 2 N–H and O–H groups in total. The van der Waals surface area contributed by atoms with E-state index >= 15 is 0 Å². The fraction of sp³-hybridized carbons (Fsp3) is 0.548. The summed E-state index contributed by atoms with van der Waals surface area (Å²) in [5, 5.41) is 8.58. The Bertz CT molecular complexity index is 1510. The number of H-pyrrole nitrogens is 1. The van der Waals surface area contributed by atoms with E-state index in [1.807, 2.05) is 75.4 Å². The smallest absolute Gasteiger partial charge is 0.335 e. The molecule has 1 aromatic carbocycles. The van der Waals surface area contributed by atoms with Gasteiger partial charge in [-0.05, 0) is 76.3 Å². The summed E-state index contributed by atoms with van der Waals surface area (Å²) < 4.78 is 19.0. The number of nitrogens with zero attached hydrogens (tertiary/aromatic N) is 3. The average Bonchev–Trinajstić information content (AvgIpc) is 3.31. The van der Waals surface area contributed by atoms with E-state index in [0.29, 0.717) is 60.5 Å². The van der Waals surface area contributed by atoms with Crippen LogP contribution in [-0.4, -0.2) is 76.2 Å². The van der Waals surface area contributed by atoms with Crippen LogP contribution in [0.3, 0.4) is 0 Å². The zero-order valence-corrected chi connectivity index (χ0v) is 25.2. The second-order valence-corrected chi connectivity index (χ2v) is 12.3. The minimum absolute atomic E-state index is 0.0126. The number of benzene rings is 1. The van der Waals surface area contributed by atoms with Crippen LogP contribution < -0.4 is 10.9 Å². The Hall–Kier alpha value is -3.70. The van der Waals surface area contributed by atoms with Crippen molar-refractivity contribution in [3.8, 4) is 0 Å².